The van der Waals surface area contributed by atoms with Crippen LogP contribution in [0.15, 0.2) is 18.2 Å². The van der Waals surface area contributed by atoms with Crippen LogP contribution in [0.4, 0.5) is 8.78 Å². The molecule has 0 saturated heterocycles. The first-order chi connectivity index (χ1) is 8.60. The van der Waals surface area contributed by atoms with Crippen molar-refractivity contribution < 1.29 is 13.6 Å². The molecule has 5 heteroatoms. The zero-order valence-corrected chi connectivity index (χ0v) is 11.3. The van der Waals surface area contributed by atoms with Gasteiger partial charge in [0.2, 0.25) is 0 Å². The van der Waals surface area contributed by atoms with Gasteiger partial charge >= 0.3 is 0 Å². The van der Waals surface area contributed by atoms with E-state index in [1.807, 2.05) is 0 Å². The lowest BCUT2D eigenvalue weighted by molar-refractivity contribution is 0.0929. The Kier molecular flexibility index (Phi) is 4.32. The van der Waals surface area contributed by atoms with E-state index in [1.165, 1.54) is 0 Å². The van der Waals surface area contributed by atoms with Gasteiger partial charge in [-0.1, -0.05) is 22.4 Å². The molecule has 2 rings (SSSR count). The number of nitrogens with one attached hydrogen (secondary N) is 1. The summed E-state index contributed by atoms with van der Waals surface area (Å²) in [7, 11) is 0. The van der Waals surface area contributed by atoms with Crippen molar-refractivity contribution >= 4 is 21.8 Å². The van der Waals surface area contributed by atoms with Crippen LogP contribution in [-0.4, -0.2) is 17.3 Å². The summed E-state index contributed by atoms with van der Waals surface area (Å²) >= 11 is 3.41. The second-order valence-electron chi connectivity index (χ2n) is 4.58. The molecule has 2 unspecified atom stereocenters. The minimum atomic E-state index is -0.733. The molecule has 1 aliphatic rings. The number of benzene rings is 1. The first-order valence-corrected chi connectivity index (χ1v) is 7.05. The number of hydrogen-bond acceptors (Lipinski definition) is 1. The normalized spacial score (nSPS) is 23.1. The summed E-state index contributed by atoms with van der Waals surface area (Å²) in [6.07, 6.45) is 3.05. The highest BCUT2D eigenvalue weighted by Gasteiger charge is 2.27. The maximum absolute atomic E-state index is 13.0. The molecule has 1 saturated carbocycles. The van der Waals surface area contributed by atoms with E-state index in [1.54, 1.807) is 0 Å². The van der Waals surface area contributed by atoms with Crippen molar-refractivity contribution in [2.75, 3.05) is 5.33 Å². The molecule has 18 heavy (non-hydrogen) atoms. The fourth-order valence-electron chi connectivity index (χ4n) is 2.35. The summed E-state index contributed by atoms with van der Waals surface area (Å²) < 4.78 is 26.0. The van der Waals surface area contributed by atoms with Crippen molar-refractivity contribution in [3.63, 3.8) is 0 Å². The molecule has 0 heterocycles. The Labute approximate surface area is 113 Å². The van der Waals surface area contributed by atoms with E-state index in [-0.39, 0.29) is 11.6 Å². The van der Waals surface area contributed by atoms with Crippen LogP contribution >= 0.6 is 15.9 Å². The van der Waals surface area contributed by atoms with Gasteiger partial charge in [-0.15, -0.1) is 0 Å². The number of carbonyl (C=O) groups is 1. The van der Waals surface area contributed by atoms with E-state index in [2.05, 4.69) is 21.2 Å². The van der Waals surface area contributed by atoms with Crippen molar-refractivity contribution in [3.05, 3.63) is 35.4 Å². The molecule has 1 aromatic carbocycles. The predicted molar refractivity (Wildman–Crippen MR) is 68.7 cm³/mol. The Morgan fingerprint density at radius 2 is 1.94 bits per heavy atom. The number of carbonyl (C=O) groups excluding carboxylic acids is 1. The standard InChI is InChI=1S/C13H14BrF2NO/c14-7-8-2-1-3-12(8)17-13(18)9-4-10(15)6-11(16)5-9/h4-6,8,12H,1-3,7H2,(H,17,18). The third-order valence-electron chi connectivity index (χ3n) is 3.30. The van der Waals surface area contributed by atoms with Crippen LogP contribution in [-0.2, 0) is 0 Å². The van der Waals surface area contributed by atoms with Crippen LogP contribution in [0.3, 0.4) is 0 Å². The van der Waals surface area contributed by atoms with E-state index in [0.717, 1.165) is 42.8 Å². The fraction of sp³-hybridized carbons (Fsp3) is 0.462. The van der Waals surface area contributed by atoms with E-state index in [4.69, 9.17) is 0 Å². The molecule has 0 aromatic heterocycles. The third-order valence-corrected chi connectivity index (χ3v) is 4.13. The van der Waals surface area contributed by atoms with Crippen molar-refractivity contribution in [2.45, 2.75) is 25.3 Å². The number of amides is 1. The molecule has 1 amide bonds. The van der Waals surface area contributed by atoms with E-state index in [0.29, 0.717) is 5.92 Å². The highest BCUT2D eigenvalue weighted by Crippen LogP contribution is 2.27. The van der Waals surface area contributed by atoms with Crippen molar-refractivity contribution in [2.24, 2.45) is 5.92 Å². The topological polar surface area (TPSA) is 29.1 Å². The van der Waals surface area contributed by atoms with Crippen LogP contribution in [0.1, 0.15) is 29.6 Å². The molecule has 0 radical (unpaired) electrons. The molecule has 1 fully saturated rings. The fourth-order valence-corrected chi connectivity index (χ4v) is 3.12. The summed E-state index contributed by atoms with van der Waals surface area (Å²) in [5.41, 5.74) is 0.0349. The molecule has 0 aliphatic heterocycles. The minimum absolute atomic E-state index is 0.0349. The Balaban J connectivity index is 2.07. The quantitative estimate of drug-likeness (QED) is 0.852. The Hall–Kier alpha value is -0.970. The third kappa shape index (κ3) is 3.07. The van der Waals surface area contributed by atoms with Gasteiger partial charge in [0.05, 0.1) is 0 Å². The SMILES string of the molecule is O=C(NC1CCCC1CBr)c1cc(F)cc(F)c1. The van der Waals surface area contributed by atoms with Gasteiger partial charge in [-0.2, -0.15) is 0 Å². The lowest BCUT2D eigenvalue weighted by Gasteiger charge is -2.19. The van der Waals surface area contributed by atoms with Crippen LogP contribution in [0, 0.1) is 17.6 Å². The molecule has 0 spiro atoms. The lowest BCUT2D eigenvalue weighted by Crippen LogP contribution is -2.38. The number of halogens is 3. The van der Waals surface area contributed by atoms with Gasteiger partial charge in [-0.3, -0.25) is 4.79 Å². The summed E-state index contributed by atoms with van der Waals surface area (Å²) in [6, 6.07) is 2.95. The summed E-state index contributed by atoms with van der Waals surface area (Å²) in [4.78, 5) is 11.9. The average Bonchev–Trinajstić information content (AvgIpc) is 2.75. The van der Waals surface area contributed by atoms with Crippen molar-refractivity contribution in [3.8, 4) is 0 Å². The molecular weight excluding hydrogens is 304 g/mol. The monoisotopic (exact) mass is 317 g/mol. The van der Waals surface area contributed by atoms with Crippen LogP contribution < -0.4 is 5.32 Å². The van der Waals surface area contributed by atoms with Gasteiger partial charge in [-0.05, 0) is 30.9 Å². The maximum Gasteiger partial charge on any atom is 0.251 e. The second kappa shape index (κ2) is 5.78. The maximum atomic E-state index is 13.0. The Bertz CT molecular complexity index is 432. The molecule has 2 atom stereocenters. The average molecular weight is 318 g/mol. The summed E-state index contributed by atoms with van der Waals surface area (Å²) in [5.74, 6) is -1.48. The van der Waals surface area contributed by atoms with Crippen molar-refractivity contribution in [1.82, 2.24) is 5.32 Å². The molecule has 1 N–H and O–H groups in total. The predicted octanol–water partition coefficient (Wildman–Crippen LogP) is 3.26. The lowest BCUT2D eigenvalue weighted by atomic mass is 10.1. The molecule has 1 aliphatic carbocycles. The highest BCUT2D eigenvalue weighted by atomic mass is 79.9. The minimum Gasteiger partial charge on any atom is -0.349 e. The highest BCUT2D eigenvalue weighted by molar-refractivity contribution is 9.09. The van der Waals surface area contributed by atoms with Gasteiger partial charge in [0.15, 0.2) is 0 Å². The Morgan fingerprint density at radius 3 is 2.56 bits per heavy atom. The largest absolute Gasteiger partial charge is 0.349 e. The first kappa shape index (κ1) is 13.5. The first-order valence-electron chi connectivity index (χ1n) is 5.93. The molecular formula is C13H14BrF2NO. The van der Waals surface area contributed by atoms with Crippen molar-refractivity contribution in [1.29, 1.82) is 0 Å². The second-order valence-corrected chi connectivity index (χ2v) is 5.23. The van der Waals surface area contributed by atoms with Gasteiger partial charge in [0, 0.05) is 23.0 Å². The Morgan fingerprint density at radius 1 is 1.28 bits per heavy atom. The molecule has 98 valence electrons. The van der Waals surface area contributed by atoms with E-state index >= 15 is 0 Å². The zero-order valence-electron chi connectivity index (χ0n) is 9.76. The van der Waals surface area contributed by atoms with Gasteiger partial charge in [0.25, 0.3) is 5.91 Å². The van der Waals surface area contributed by atoms with Gasteiger partial charge in [-0.25, -0.2) is 8.78 Å². The van der Waals surface area contributed by atoms with Gasteiger partial charge in [0.1, 0.15) is 11.6 Å². The van der Waals surface area contributed by atoms with E-state index in [9.17, 15) is 13.6 Å². The number of alkyl halides is 1. The number of rotatable bonds is 3. The molecule has 0 bridgehead atoms. The van der Waals surface area contributed by atoms with E-state index < -0.39 is 17.5 Å². The number of hydrogen-bond donors (Lipinski definition) is 1. The smallest absolute Gasteiger partial charge is 0.251 e. The summed E-state index contributed by atoms with van der Waals surface area (Å²) in [6.45, 7) is 0. The van der Waals surface area contributed by atoms with Gasteiger partial charge < -0.3 is 5.32 Å². The summed E-state index contributed by atoms with van der Waals surface area (Å²) in [5, 5.41) is 3.68. The van der Waals surface area contributed by atoms with Crippen LogP contribution in [0.25, 0.3) is 0 Å². The van der Waals surface area contributed by atoms with Crippen LogP contribution in [0.5, 0.6) is 0 Å². The zero-order chi connectivity index (χ0) is 13.1. The van der Waals surface area contributed by atoms with Crippen LogP contribution in [0.2, 0.25) is 0 Å². The molecule has 2 nitrogen and oxygen atoms in total. The molecule has 1 aromatic rings.